The minimum atomic E-state index is -0.525. The Kier molecular flexibility index (Phi) is 3.59. The van der Waals surface area contributed by atoms with Crippen LogP contribution in [0.3, 0.4) is 0 Å². The zero-order valence-electron chi connectivity index (χ0n) is 10.6. The Hall–Kier alpha value is -2.24. The van der Waals surface area contributed by atoms with Crippen LogP contribution in [-0.4, -0.2) is 24.9 Å². The Morgan fingerprint density at radius 2 is 2.00 bits per heavy atom. The van der Waals surface area contributed by atoms with E-state index in [-0.39, 0.29) is 11.8 Å². The van der Waals surface area contributed by atoms with Crippen LogP contribution >= 0.6 is 0 Å². The number of amides is 2. The van der Waals surface area contributed by atoms with E-state index >= 15 is 0 Å². The number of benzene rings is 1. The Balaban J connectivity index is 2.35. The lowest BCUT2D eigenvalue weighted by molar-refractivity contribution is -0.122. The third-order valence-electron chi connectivity index (χ3n) is 3.47. The average Bonchev–Trinajstić information content (AvgIpc) is 2.38. The van der Waals surface area contributed by atoms with Crippen molar-refractivity contribution in [1.29, 1.82) is 0 Å². The fraction of sp³-hybridized carbons (Fsp3) is 0.385. The number of anilines is 2. The molecule has 1 aliphatic rings. The molecule has 2 rings (SSSR count). The van der Waals surface area contributed by atoms with Gasteiger partial charge < -0.3 is 22.1 Å². The first-order chi connectivity index (χ1) is 9.00. The molecule has 6 N–H and O–H groups in total. The Morgan fingerprint density at radius 3 is 2.63 bits per heavy atom. The molecule has 6 nitrogen and oxygen atoms in total. The normalized spacial score (nSPS) is 19.2. The minimum absolute atomic E-state index is 0.214. The number of nitrogens with two attached hydrogens (primary N) is 3. The van der Waals surface area contributed by atoms with Crippen LogP contribution in [0.1, 0.15) is 23.2 Å². The van der Waals surface area contributed by atoms with Gasteiger partial charge in [-0.15, -0.1) is 0 Å². The molecule has 19 heavy (non-hydrogen) atoms. The number of carbonyl (C=O) groups is 2. The summed E-state index contributed by atoms with van der Waals surface area (Å²) in [6, 6.07) is 5.05. The van der Waals surface area contributed by atoms with Crippen LogP contribution in [0.4, 0.5) is 11.4 Å². The van der Waals surface area contributed by atoms with Gasteiger partial charge in [-0.3, -0.25) is 9.59 Å². The van der Waals surface area contributed by atoms with Gasteiger partial charge in [-0.1, -0.05) is 6.07 Å². The lowest BCUT2D eigenvalue weighted by Crippen LogP contribution is -2.42. The van der Waals surface area contributed by atoms with E-state index in [4.69, 9.17) is 17.2 Å². The summed E-state index contributed by atoms with van der Waals surface area (Å²) in [4.78, 5) is 24.7. The molecule has 0 bridgehead atoms. The fourth-order valence-electron chi connectivity index (χ4n) is 2.53. The van der Waals surface area contributed by atoms with Gasteiger partial charge in [0.25, 0.3) is 5.91 Å². The summed E-state index contributed by atoms with van der Waals surface area (Å²) in [6.07, 6.45) is 1.60. The number of hydrogen-bond donors (Lipinski definition) is 3. The predicted octanol–water partition coefficient (Wildman–Crippen LogP) is 0.0694. The van der Waals surface area contributed by atoms with Gasteiger partial charge in [0.05, 0.1) is 22.9 Å². The second-order valence-corrected chi connectivity index (χ2v) is 4.80. The molecular weight excluding hydrogens is 244 g/mol. The van der Waals surface area contributed by atoms with E-state index in [2.05, 4.69) is 0 Å². The van der Waals surface area contributed by atoms with Crippen molar-refractivity contribution >= 4 is 23.2 Å². The van der Waals surface area contributed by atoms with Crippen molar-refractivity contribution in [1.82, 2.24) is 0 Å². The van der Waals surface area contributed by atoms with Gasteiger partial charge in [-0.05, 0) is 25.0 Å². The van der Waals surface area contributed by atoms with E-state index in [0.29, 0.717) is 23.5 Å². The van der Waals surface area contributed by atoms with Gasteiger partial charge in [0.2, 0.25) is 5.91 Å². The maximum atomic E-state index is 11.5. The highest BCUT2D eigenvalue weighted by Gasteiger charge is 2.27. The van der Waals surface area contributed by atoms with Crippen LogP contribution in [0.25, 0.3) is 0 Å². The maximum absolute atomic E-state index is 11.5. The highest BCUT2D eigenvalue weighted by molar-refractivity contribution is 6.01. The van der Waals surface area contributed by atoms with Crippen LogP contribution in [0.15, 0.2) is 18.2 Å². The van der Waals surface area contributed by atoms with Crippen molar-refractivity contribution in [3.8, 4) is 0 Å². The highest BCUT2D eigenvalue weighted by atomic mass is 16.1. The van der Waals surface area contributed by atoms with Crippen molar-refractivity contribution in [2.45, 2.75) is 12.8 Å². The van der Waals surface area contributed by atoms with Crippen LogP contribution in [0.5, 0.6) is 0 Å². The van der Waals surface area contributed by atoms with E-state index < -0.39 is 5.91 Å². The van der Waals surface area contributed by atoms with Crippen molar-refractivity contribution < 1.29 is 9.59 Å². The molecule has 1 saturated heterocycles. The molecule has 1 aromatic carbocycles. The SMILES string of the molecule is NC(=O)c1cccc(N)c1N1CCCC(C(N)=O)C1. The van der Waals surface area contributed by atoms with Crippen molar-refractivity contribution in [3.05, 3.63) is 23.8 Å². The van der Waals surface area contributed by atoms with Crippen LogP contribution in [0, 0.1) is 5.92 Å². The molecule has 0 aliphatic carbocycles. The Morgan fingerprint density at radius 1 is 1.26 bits per heavy atom. The minimum Gasteiger partial charge on any atom is -0.397 e. The first kappa shape index (κ1) is 13.2. The van der Waals surface area contributed by atoms with Gasteiger partial charge in [-0.25, -0.2) is 0 Å². The van der Waals surface area contributed by atoms with Crippen molar-refractivity contribution in [2.75, 3.05) is 23.7 Å². The zero-order valence-corrected chi connectivity index (χ0v) is 10.6. The average molecular weight is 262 g/mol. The first-order valence-corrected chi connectivity index (χ1v) is 6.23. The number of nitrogens with zero attached hydrogens (tertiary/aromatic N) is 1. The summed E-state index contributed by atoms with van der Waals surface area (Å²) in [5.41, 5.74) is 18.2. The Labute approximate surface area is 111 Å². The van der Waals surface area contributed by atoms with Gasteiger partial charge in [0.15, 0.2) is 0 Å². The number of nitrogen functional groups attached to an aromatic ring is 1. The van der Waals surface area contributed by atoms with Gasteiger partial charge >= 0.3 is 0 Å². The van der Waals surface area contributed by atoms with E-state index in [1.54, 1.807) is 18.2 Å². The Bertz CT molecular complexity index is 515. The van der Waals surface area contributed by atoms with Gasteiger partial charge in [-0.2, -0.15) is 0 Å². The molecule has 0 aromatic heterocycles. The van der Waals surface area contributed by atoms with Crippen LogP contribution in [0.2, 0.25) is 0 Å². The topological polar surface area (TPSA) is 115 Å². The summed E-state index contributed by atoms with van der Waals surface area (Å²) in [5, 5.41) is 0. The molecule has 6 heteroatoms. The van der Waals surface area contributed by atoms with Crippen LogP contribution < -0.4 is 22.1 Å². The van der Waals surface area contributed by atoms with Crippen molar-refractivity contribution in [2.24, 2.45) is 17.4 Å². The molecule has 0 radical (unpaired) electrons. The fourth-order valence-corrected chi connectivity index (χ4v) is 2.53. The molecule has 1 unspecified atom stereocenters. The van der Waals surface area contributed by atoms with E-state index in [9.17, 15) is 9.59 Å². The second-order valence-electron chi connectivity index (χ2n) is 4.80. The molecule has 1 atom stereocenters. The second kappa shape index (κ2) is 5.17. The highest BCUT2D eigenvalue weighted by Crippen LogP contribution is 2.31. The lowest BCUT2D eigenvalue weighted by atomic mass is 9.96. The molecule has 1 fully saturated rings. The maximum Gasteiger partial charge on any atom is 0.250 e. The number of rotatable bonds is 3. The molecule has 1 aliphatic heterocycles. The number of piperidine rings is 1. The number of para-hydroxylation sites is 1. The molecular formula is C13H18N4O2. The van der Waals surface area contributed by atoms with Crippen LogP contribution in [-0.2, 0) is 4.79 Å². The summed E-state index contributed by atoms with van der Waals surface area (Å²) in [5.74, 6) is -1.06. The molecule has 1 aromatic rings. The number of hydrogen-bond acceptors (Lipinski definition) is 4. The van der Waals surface area contributed by atoms with Gasteiger partial charge in [0, 0.05) is 13.1 Å². The zero-order chi connectivity index (χ0) is 14.0. The molecule has 102 valence electrons. The number of carbonyl (C=O) groups excluding carboxylic acids is 2. The summed E-state index contributed by atoms with van der Waals surface area (Å²) in [7, 11) is 0. The summed E-state index contributed by atoms with van der Waals surface area (Å²) >= 11 is 0. The van der Waals surface area contributed by atoms with E-state index in [0.717, 1.165) is 19.4 Å². The first-order valence-electron chi connectivity index (χ1n) is 6.23. The third-order valence-corrected chi connectivity index (χ3v) is 3.47. The lowest BCUT2D eigenvalue weighted by Gasteiger charge is -2.34. The number of primary amides is 2. The summed E-state index contributed by atoms with van der Waals surface area (Å²) < 4.78 is 0. The third kappa shape index (κ3) is 2.62. The van der Waals surface area contributed by atoms with Gasteiger partial charge in [0.1, 0.15) is 0 Å². The molecule has 0 spiro atoms. The van der Waals surface area contributed by atoms with E-state index in [1.807, 2.05) is 4.90 Å². The molecule has 1 heterocycles. The molecule has 2 amide bonds. The van der Waals surface area contributed by atoms with E-state index in [1.165, 1.54) is 0 Å². The summed E-state index contributed by atoms with van der Waals surface area (Å²) in [6.45, 7) is 1.21. The van der Waals surface area contributed by atoms with Crippen molar-refractivity contribution in [3.63, 3.8) is 0 Å². The predicted molar refractivity (Wildman–Crippen MR) is 73.5 cm³/mol. The molecule has 0 saturated carbocycles. The monoisotopic (exact) mass is 262 g/mol. The smallest absolute Gasteiger partial charge is 0.250 e. The largest absolute Gasteiger partial charge is 0.397 e. The quantitative estimate of drug-likeness (QED) is 0.668. The standard InChI is InChI=1S/C13H18N4O2/c14-10-5-1-4-9(13(16)19)11(10)17-6-2-3-8(7-17)12(15)18/h1,4-5,8H,2-3,6-7,14H2,(H2,15,18)(H2,16,19).